The number of ether oxygens (including phenoxy) is 2. The fraction of sp³-hybridized carbons (Fsp3) is 0.172. The molecular formula is C29H26N2O5. The molecule has 3 unspecified atom stereocenters. The average Bonchev–Trinajstić information content (AvgIpc) is 3.48. The predicted octanol–water partition coefficient (Wildman–Crippen LogP) is 4.45. The third kappa shape index (κ3) is 4.36. The highest BCUT2D eigenvalue weighted by Crippen LogP contribution is 2.47. The van der Waals surface area contributed by atoms with E-state index in [1.807, 2.05) is 60.7 Å². The number of carboxylic acids is 1. The first kappa shape index (κ1) is 23.4. The molecule has 3 aromatic carbocycles. The number of para-hydroxylation sites is 1. The Morgan fingerprint density at radius 3 is 2.28 bits per heavy atom. The summed E-state index contributed by atoms with van der Waals surface area (Å²) in [6.45, 7) is 0. The lowest BCUT2D eigenvalue weighted by atomic mass is 9.79. The van der Waals surface area contributed by atoms with Gasteiger partial charge in [-0.2, -0.15) is 0 Å². The molecule has 0 saturated heterocycles. The van der Waals surface area contributed by atoms with Crippen LogP contribution in [0.4, 0.5) is 11.4 Å². The van der Waals surface area contributed by atoms with E-state index in [-0.39, 0.29) is 11.1 Å². The average molecular weight is 483 g/mol. The minimum absolute atomic E-state index is 0.0506. The maximum Gasteiger partial charge on any atom is 0.335 e. The second-order valence-electron chi connectivity index (χ2n) is 8.72. The smallest absolute Gasteiger partial charge is 0.335 e. The minimum Gasteiger partial charge on any atom is -0.497 e. The van der Waals surface area contributed by atoms with Gasteiger partial charge in [0.2, 0.25) is 0 Å². The Hall–Kier alpha value is -4.36. The molecule has 0 saturated carbocycles. The van der Waals surface area contributed by atoms with E-state index in [1.54, 1.807) is 43.5 Å². The number of rotatable bonds is 9. The van der Waals surface area contributed by atoms with Crippen molar-refractivity contribution in [1.29, 1.82) is 0 Å². The maximum atomic E-state index is 13.4. The van der Waals surface area contributed by atoms with Crippen molar-refractivity contribution >= 4 is 23.3 Å². The van der Waals surface area contributed by atoms with Crippen molar-refractivity contribution in [2.75, 3.05) is 17.7 Å². The van der Waals surface area contributed by atoms with Gasteiger partial charge in [0.1, 0.15) is 17.5 Å². The Balaban J connectivity index is 1.52. The fourth-order valence-corrected chi connectivity index (χ4v) is 4.83. The highest BCUT2D eigenvalue weighted by molar-refractivity contribution is 6.12. The van der Waals surface area contributed by atoms with Crippen LogP contribution in [0.25, 0.3) is 0 Å². The molecule has 3 N–H and O–H groups in total. The second-order valence-corrected chi connectivity index (χ2v) is 8.72. The number of hydrogen-bond acceptors (Lipinski definition) is 5. The fourth-order valence-electron chi connectivity index (χ4n) is 4.83. The zero-order valence-electron chi connectivity index (χ0n) is 19.7. The number of carbonyl (C=O) groups excluding carboxylic acids is 1. The summed E-state index contributed by atoms with van der Waals surface area (Å²) in [5.74, 6) is -1.04. The van der Waals surface area contributed by atoms with Gasteiger partial charge in [-0.3, -0.25) is 4.79 Å². The molecule has 2 aliphatic heterocycles. The van der Waals surface area contributed by atoms with Gasteiger partial charge < -0.3 is 25.2 Å². The Bertz CT molecular complexity index is 1280. The number of carboxylic acid groups (broad SMARTS) is 1. The number of fused-ring (bicyclic) bond motifs is 2. The number of aliphatic carboxylic acids is 1. The summed E-state index contributed by atoms with van der Waals surface area (Å²) >= 11 is 0. The van der Waals surface area contributed by atoms with Crippen LogP contribution >= 0.6 is 0 Å². The number of nitrogens with one attached hydrogen (secondary N) is 2. The molecule has 7 heteroatoms. The molecule has 1 amide bonds. The number of hydrogen-bond donors (Lipinski definition) is 3. The molecule has 3 atom stereocenters. The lowest BCUT2D eigenvalue weighted by molar-refractivity contribution is -0.134. The first-order chi connectivity index (χ1) is 17.5. The Morgan fingerprint density at radius 2 is 1.64 bits per heavy atom. The summed E-state index contributed by atoms with van der Waals surface area (Å²) in [4.78, 5) is 26.0. The Kier molecular flexibility index (Phi) is 6.31. The van der Waals surface area contributed by atoms with Crippen LogP contribution in [0, 0.1) is 0 Å². The largest absolute Gasteiger partial charge is 0.497 e. The van der Waals surface area contributed by atoms with Crippen molar-refractivity contribution in [3.8, 4) is 5.75 Å². The standard InChI is InChI=1S/C29H26N2O5/c1-35-22-14-12-21(13-15-22)31-27(32)25-23-16-17-29(36-23,26(25)28(33)34)24(18-19-8-4-2-5-9-19)30-20-10-6-3-7-11-20/h2-17,23-24,30H,18H2,1H3,(H,31,32)(H,33,34). The first-order valence-corrected chi connectivity index (χ1v) is 11.7. The van der Waals surface area contributed by atoms with Crippen LogP contribution in [-0.4, -0.2) is 41.8 Å². The van der Waals surface area contributed by atoms with Crippen molar-refractivity contribution in [3.05, 3.63) is 114 Å². The van der Waals surface area contributed by atoms with Gasteiger partial charge in [-0.05, 0) is 54.5 Å². The summed E-state index contributed by atoms with van der Waals surface area (Å²) in [6, 6.07) is 25.7. The van der Waals surface area contributed by atoms with Crippen molar-refractivity contribution < 1.29 is 24.2 Å². The van der Waals surface area contributed by atoms with Gasteiger partial charge in [-0.1, -0.05) is 54.6 Å². The van der Waals surface area contributed by atoms with Gasteiger partial charge >= 0.3 is 5.97 Å². The number of methoxy groups -OCH3 is 1. The lowest BCUT2D eigenvalue weighted by Crippen LogP contribution is -2.49. The number of benzene rings is 3. The van der Waals surface area contributed by atoms with Gasteiger partial charge in [0.25, 0.3) is 5.91 Å². The summed E-state index contributed by atoms with van der Waals surface area (Å²) < 4.78 is 11.5. The van der Waals surface area contributed by atoms with Crippen molar-refractivity contribution in [1.82, 2.24) is 0 Å². The molecule has 0 radical (unpaired) electrons. The normalized spacial score (nSPS) is 20.8. The summed E-state index contributed by atoms with van der Waals surface area (Å²) in [5.41, 5.74) is 1.10. The molecule has 0 aromatic heterocycles. The third-order valence-electron chi connectivity index (χ3n) is 6.51. The molecule has 2 heterocycles. The van der Waals surface area contributed by atoms with Gasteiger partial charge in [-0.15, -0.1) is 0 Å². The van der Waals surface area contributed by atoms with E-state index in [4.69, 9.17) is 9.47 Å². The SMILES string of the molecule is COc1ccc(NC(=O)C2=C(C(=O)O)C3(C(Cc4ccccc4)Nc4ccccc4)C=CC2O3)cc1. The van der Waals surface area contributed by atoms with E-state index in [0.717, 1.165) is 11.3 Å². The minimum atomic E-state index is -1.32. The molecule has 0 fully saturated rings. The van der Waals surface area contributed by atoms with Crippen LogP contribution in [0.1, 0.15) is 5.56 Å². The quantitative estimate of drug-likeness (QED) is 0.390. The zero-order valence-corrected chi connectivity index (χ0v) is 19.7. The van der Waals surface area contributed by atoms with Gasteiger partial charge in [-0.25, -0.2) is 4.79 Å². The number of carbonyl (C=O) groups is 2. The van der Waals surface area contributed by atoms with E-state index in [2.05, 4.69) is 10.6 Å². The van der Waals surface area contributed by atoms with Gasteiger partial charge in [0.15, 0.2) is 0 Å². The van der Waals surface area contributed by atoms with Gasteiger partial charge in [0.05, 0.1) is 24.3 Å². The van der Waals surface area contributed by atoms with E-state index < -0.39 is 29.6 Å². The molecule has 0 aliphatic carbocycles. The van der Waals surface area contributed by atoms with Crippen LogP contribution in [0.5, 0.6) is 5.75 Å². The molecule has 36 heavy (non-hydrogen) atoms. The Morgan fingerprint density at radius 1 is 0.972 bits per heavy atom. The first-order valence-electron chi connectivity index (χ1n) is 11.7. The highest BCUT2D eigenvalue weighted by Gasteiger charge is 2.57. The second kappa shape index (κ2) is 9.71. The van der Waals surface area contributed by atoms with Crippen molar-refractivity contribution in [3.63, 3.8) is 0 Å². The van der Waals surface area contributed by atoms with Crippen LogP contribution < -0.4 is 15.4 Å². The predicted molar refractivity (Wildman–Crippen MR) is 137 cm³/mol. The zero-order chi connectivity index (χ0) is 25.1. The molecule has 7 nitrogen and oxygen atoms in total. The van der Waals surface area contributed by atoms with Crippen molar-refractivity contribution in [2.45, 2.75) is 24.2 Å². The summed E-state index contributed by atoms with van der Waals surface area (Å²) in [5, 5.41) is 16.6. The van der Waals surface area contributed by atoms with Crippen LogP contribution in [0.2, 0.25) is 0 Å². The number of amides is 1. The maximum absolute atomic E-state index is 13.4. The summed E-state index contributed by atoms with van der Waals surface area (Å²) in [6.07, 6.45) is 3.26. The van der Waals surface area contributed by atoms with Crippen LogP contribution in [0.3, 0.4) is 0 Å². The molecular weight excluding hydrogens is 456 g/mol. The van der Waals surface area contributed by atoms with E-state index in [9.17, 15) is 14.7 Å². The molecule has 2 bridgehead atoms. The lowest BCUT2D eigenvalue weighted by Gasteiger charge is -2.35. The van der Waals surface area contributed by atoms with Crippen LogP contribution in [0.15, 0.2) is 108 Å². The highest BCUT2D eigenvalue weighted by atomic mass is 16.5. The van der Waals surface area contributed by atoms with Crippen LogP contribution in [-0.2, 0) is 20.7 Å². The number of anilines is 2. The van der Waals surface area contributed by atoms with E-state index in [1.165, 1.54) is 0 Å². The third-order valence-corrected chi connectivity index (χ3v) is 6.51. The van der Waals surface area contributed by atoms with Crippen molar-refractivity contribution in [2.24, 2.45) is 0 Å². The molecule has 2 aliphatic rings. The molecule has 3 aromatic rings. The topological polar surface area (TPSA) is 96.9 Å². The van der Waals surface area contributed by atoms with Gasteiger partial charge in [0, 0.05) is 11.4 Å². The Labute approximate surface area is 209 Å². The van der Waals surface area contributed by atoms with E-state index in [0.29, 0.717) is 17.9 Å². The molecule has 182 valence electrons. The molecule has 0 spiro atoms. The summed E-state index contributed by atoms with van der Waals surface area (Å²) in [7, 11) is 1.56. The van der Waals surface area contributed by atoms with E-state index >= 15 is 0 Å². The molecule has 5 rings (SSSR count). The monoisotopic (exact) mass is 482 g/mol.